The molecule has 0 bridgehead atoms. The third-order valence-electron chi connectivity index (χ3n) is 7.78. The lowest BCUT2D eigenvalue weighted by atomic mass is 9.91. The second-order valence-corrected chi connectivity index (χ2v) is 12.1. The van der Waals surface area contributed by atoms with Gasteiger partial charge in [0.2, 0.25) is 10.0 Å². The Hall–Kier alpha value is -3.76. The lowest BCUT2D eigenvalue weighted by Crippen LogP contribution is -2.42. The van der Waals surface area contributed by atoms with E-state index in [-0.39, 0.29) is 17.4 Å². The molecular formula is C31H36N2O7S. The summed E-state index contributed by atoms with van der Waals surface area (Å²) in [7, 11) is 1.20. The van der Waals surface area contributed by atoms with Crippen molar-refractivity contribution < 1.29 is 32.2 Å². The molecule has 3 aromatic carbocycles. The average Bonchev–Trinajstić information content (AvgIpc) is 3.03. The summed E-state index contributed by atoms with van der Waals surface area (Å²) in [5, 5.41) is 0. The fourth-order valence-corrected chi connectivity index (χ4v) is 7.00. The van der Waals surface area contributed by atoms with Gasteiger partial charge in [0.05, 0.1) is 32.3 Å². The number of ether oxygens (including phenoxy) is 4. The summed E-state index contributed by atoms with van der Waals surface area (Å²) >= 11 is 0. The highest BCUT2D eigenvalue weighted by atomic mass is 32.2. The normalized spacial score (nSPS) is 17.4. The van der Waals surface area contributed by atoms with E-state index in [9.17, 15) is 13.2 Å². The predicted octanol–water partition coefficient (Wildman–Crippen LogP) is 4.71. The van der Waals surface area contributed by atoms with Crippen molar-refractivity contribution in [1.29, 1.82) is 0 Å². The van der Waals surface area contributed by atoms with Gasteiger partial charge < -0.3 is 23.8 Å². The van der Waals surface area contributed by atoms with Crippen molar-refractivity contribution in [1.82, 2.24) is 9.21 Å². The molecule has 10 heteroatoms. The largest absolute Gasteiger partial charge is 0.497 e. The van der Waals surface area contributed by atoms with Crippen LogP contribution in [-0.2, 0) is 16.4 Å². The van der Waals surface area contributed by atoms with E-state index in [4.69, 9.17) is 18.9 Å². The SMILES string of the molecule is COc1ccc(OC[C@@H]2c3cc(OC)c(OC)cc3CCN2C(=O)c2ccc(S(=O)(=O)N3CCCCC3)cc2)cc1. The highest BCUT2D eigenvalue weighted by Crippen LogP contribution is 2.39. The molecule has 1 atom stereocenters. The maximum Gasteiger partial charge on any atom is 0.254 e. The predicted molar refractivity (Wildman–Crippen MR) is 155 cm³/mol. The number of piperidine rings is 1. The van der Waals surface area contributed by atoms with Crippen molar-refractivity contribution >= 4 is 15.9 Å². The Balaban J connectivity index is 1.43. The van der Waals surface area contributed by atoms with Gasteiger partial charge in [-0.25, -0.2) is 8.42 Å². The number of hydrogen-bond donors (Lipinski definition) is 0. The van der Waals surface area contributed by atoms with E-state index >= 15 is 0 Å². The fraction of sp³-hybridized carbons (Fsp3) is 0.387. The molecule has 2 aliphatic heterocycles. The maximum absolute atomic E-state index is 13.9. The van der Waals surface area contributed by atoms with Crippen LogP contribution >= 0.6 is 0 Å². The summed E-state index contributed by atoms with van der Waals surface area (Å²) in [6, 6.07) is 17.0. The van der Waals surface area contributed by atoms with Crippen molar-refractivity contribution in [3.05, 3.63) is 77.4 Å². The molecule has 3 aromatic rings. The maximum atomic E-state index is 13.9. The van der Waals surface area contributed by atoms with Crippen LogP contribution in [0.1, 0.15) is 46.8 Å². The zero-order chi connectivity index (χ0) is 29.0. The van der Waals surface area contributed by atoms with Gasteiger partial charge in [-0.1, -0.05) is 6.42 Å². The summed E-state index contributed by atoms with van der Waals surface area (Å²) in [6.07, 6.45) is 3.40. The number of methoxy groups -OCH3 is 3. The summed E-state index contributed by atoms with van der Waals surface area (Å²) in [6.45, 7) is 1.73. The van der Waals surface area contributed by atoms with Crippen molar-refractivity contribution in [2.24, 2.45) is 0 Å². The second kappa shape index (κ2) is 12.4. The number of nitrogens with zero attached hydrogens (tertiary/aromatic N) is 2. The van der Waals surface area contributed by atoms with E-state index in [1.165, 1.54) is 16.4 Å². The van der Waals surface area contributed by atoms with Gasteiger partial charge in [0, 0.05) is 25.2 Å². The minimum absolute atomic E-state index is 0.198. The van der Waals surface area contributed by atoms with Crippen LogP contribution in [0.25, 0.3) is 0 Å². The Morgan fingerprint density at radius 2 is 1.44 bits per heavy atom. The van der Waals surface area contributed by atoms with Crippen LogP contribution in [0.2, 0.25) is 0 Å². The first kappa shape index (κ1) is 28.8. The standard InChI is InChI=1S/C31H36N2O7S/c1-37-24-9-11-25(12-10-24)40-21-28-27-20-30(39-3)29(38-2)19-23(27)15-18-33(28)31(34)22-7-13-26(14-8-22)41(35,36)32-16-5-4-6-17-32/h7-14,19-20,28H,4-6,15-18,21H2,1-3H3/t28-/m1/s1. The number of sulfonamides is 1. The molecule has 5 rings (SSSR count). The van der Waals surface area contributed by atoms with Crippen LogP contribution in [0.15, 0.2) is 65.6 Å². The van der Waals surface area contributed by atoms with E-state index in [0.29, 0.717) is 48.9 Å². The van der Waals surface area contributed by atoms with Crippen LogP contribution in [0.3, 0.4) is 0 Å². The lowest BCUT2D eigenvalue weighted by molar-refractivity contribution is 0.0589. The molecule has 1 amide bonds. The quantitative estimate of drug-likeness (QED) is 0.362. The molecule has 0 aromatic heterocycles. The van der Waals surface area contributed by atoms with Crippen molar-refractivity contribution in [2.75, 3.05) is 47.6 Å². The molecule has 0 N–H and O–H groups in total. The summed E-state index contributed by atoms with van der Waals surface area (Å²) < 4.78 is 50.3. The Bertz CT molecular complexity index is 1470. The molecule has 0 aliphatic carbocycles. The molecule has 1 saturated heterocycles. The molecule has 0 spiro atoms. The van der Waals surface area contributed by atoms with Crippen LogP contribution in [0, 0.1) is 0 Å². The highest BCUT2D eigenvalue weighted by Gasteiger charge is 2.34. The topological polar surface area (TPSA) is 94.6 Å². The third-order valence-corrected chi connectivity index (χ3v) is 9.70. The molecule has 218 valence electrons. The molecule has 0 saturated carbocycles. The summed E-state index contributed by atoms with van der Waals surface area (Å²) in [5.41, 5.74) is 2.39. The molecule has 9 nitrogen and oxygen atoms in total. The van der Waals surface area contributed by atoms with E-state index in [1.54, 1.807) is 38.4 Å². The van der Waals surface area contributed by atoms with E-state index < -0.39 is 16.1 Å². The van der Waals surface area contributed by atoms with Crippen molar-refractivity contribution in [2.45, 2.75) is 36.6 Å². The summed E-state index contributed by atoms with van der Waals surface area (Å²) in [4.78, 5) is 15.9. The van der Waals surface area contributed by atoms with Crippen LogP contribution in [0.4, 0.5) is 0 Å². The van der Waals surface area contributed by atoms with Gasteiger partial charge >= 0.3 is 0 Å². The van der Waals surface area contributed by atoms with Gasteiger partial charge in [0.15, 0.2) is 11.5 Å². The molecule has 0 unspecified atom stereocenters. The molecule has 41 heavy (non-hydrogen) atoms. The number of carbonyl (C=O) groups is 1. The zero-order valence-electron chi connectivity index (χ0n) is 23.7. The lowest BCUT2D eigenvalue weighted by Gasteiger charge is -2.37. The van der Waals surface area contributed by atoms with Gasteiger partial charge in [-0.3, -0.25) is 4.79 Å². The average molecular weight is 581 g/mol. The molecule has 2 heterocycles. The first-order valence-electron chi connectivity index (χ1n) is 13.8. The molecule has 1 fully saturated rings. The van der Waals surface area contributed by atoms with E-state index in [2.05, 4.69) is 0 Å². The number of fused-ring (bicyclic) bond motifs is 1. The van der Waals surface area contributed by atoms with Gasteiger partial charge in [-0.05, 0) is 91.1 Å². The van der Waals surface area contributed by atoms with Crippen LogP contribution < -0.4 is 18.9 Å². The first-order valence-corrected chi connectivity index (χ1v) is 15.2. The number of rotatable bonds is 9. The molecule has 0 radical (unpaired) electrons. The number of hydrogen-bond acceptors (Lipinski definition) is 7. The zero-order valence-corrected chi connectivity index (χ0v) is 24.5. The number of benzene rings is 3. The fourth-order valence-electron chi connectivity index (χ4n) is 5.49. The molecular weight excluding hydrogens is 544 g/mol. The minimum atomic E-state index is -3.59. The second-order valence-electron chi connectivity index (χ2n) is 10.1. The first-order chi connectivity index (χ1) is 19.8. The van der Waals surface area contributed by atoms with E-state index in [0.717, 1.165) is 36.1 Å². The highest BCUT2D eigenvalue weighted by molar-refractivity contribution is 7.89. The minimum Gasteiger partial charge on any atom is -0.497 e. The van der Waals surface area contributed by atoms with Crippen LogP contribution in [0.5, 0.6) is 23.0 Å². The Kier molecular flexibility index (Phi) is 8.70. The Labute approximate surface area is 241 Å². The number of amides is 1. The van der Waals surface area contributed by atoms with Crippen molar-refractivity contribution in [3.63, 3.8) is 0 Å². The van der Waals surface area contributed by atoms with E-state index in [1.807, 2.05) is 36.4 Å². The van der Waals surface area contributed by atoms with Crippen molar-refractivity contribution in [3.8, 4) is 23.0 Å². The third kappa shape index (κ3) is 5.99. The van der Waals surface area contributed by atoms with Gasteiger partial charge in [-0.15, -0.1) is 0 Å². The van der Waals surface area contributed by atoms with Gasteiger partial charge in [0.1, 0.15) is 18.1 Å². The smallest absolute Gasteiger partial charge is 0.254 e. The van der Waals surface area contributed by atoms with Gasteiger partial charge in [0.25, 0.3) is 5.91 Å². The molecule has 2 aliphatic rings. The Morgan fingerprint density at radius 1 is 0.805 bits per heavy atom. The summed E-state index contributed by atoms with van der Waals surface area (Å²) in [5.74, 6) is 2.38. The Morgan fingerprint density at radius 3 is 2.07 bits per heavy atom. The number of carbonyl (C=O) groups excluding carboxylic acids is 1. The van der Waals surface area contributed by atoms with Gasteiger partial charge in [-0.2, -0.15) is 4.31 Å². The van der Waals surface area contributed by atoms with Crippen LogP contribution in [-0.4, -0.2) is 71.1 Å². The monoisotopic (exact) mass is 580 g/mol.